The maximum atomic E-state index is 12.7. The highest BCUT2D eigenvalue weighted by Gasteiger charge is 2.15. The van der Waals surface area contributed by atoms with Gasteiger partial charge in [-0.2, -0.15) is 0 Å². The summed E-state index contributed by atoms with van der Waals surface area (Å²) in [6, 6.07) is 15.3. The second-order valence-electron chi connectivity index (χ2n) is 5.57. The topological polar surface area (TPSA) is 58.2 Å². The number of aromatic amines is 1. The van der Waals surface area contributed by atoms with Crippen molar-refractivity contribution in [3.63, 3.8) is 0 Å². The molecule has 0 bridgehead atoms. The molecule has 0 unspecified atom stereocenters. The molecular formula is C20H21N3O2S. The maximum absolute atomic E-state index is 12.7. The molecule has 0 saturated carbocycles. The van der Waals surface area contributed by atoms with Crippen LogP contribution < -0.4 is 9.64 Å². The van der Waals surface area contributed by atoms with Gasteiger partial charge in [0.1, 0.15) is 5.75 Å². The Morgan fingerprint density at radius 2 is 2.12 bits per heavy atom. The number of ether oxygens (including phenoxy) is 1. The SMILES string of the molecule is C=CCN(C(=O)CSc1nc2ccc(OCC)cc2[nH]1)c1ccccc1. The van der Waals surface area contributed by atoms with Gasteiger partial charge in [0.15, 0.2) is 5.16 Å². The Labute approximate surface area is 157 Å². The van der Waals surface area contributed by atoms with Gasteiger partial charge >= 0.3 is 0 Å². The van der Waals surface area contributed by atoms with Crippen molar-refractivity contribution in [2.45, 2.75) is 12.1 Å². The number of rotatable bonds is 8. The van der Waals surface area contributed by atoms with Crippen molar-refractivity contribution < 1.29 is 9.53 Å². The van der Waals surface area contributed by atoms with Crippen LogP contribution in [0.1, 0.15) is 6.92 Å². The zero-order chi connectivity index (χ0) is 18.4. The predicted molar refractivity (Wildman–Crippen MR) is 107 cm³/mol. The molecule has 0 spiro atoms. The van der Waals surface area contributed by atoms with Crippen LogP contribution in [-0.2, 0) is 4.79 Å². The Morgan fingerprint density at radius 3 is 2.85 bits per heavy atom. The summed E-state index contributed by atoms with van der Waals surface area (Å²) >= 11 is 1.39. The lowest BCUT2D eigenvalue weighted by molar-refractivity contribution is -0.116. The number of fused-ring (bicyclic) bond motifs is 1. The summed E-state index contributed by atoms with van der Waals surface area (Å²) in [5, 5.41) is 0.716. The highest BCUT2D eigenvalue weighted by molar-refractivity contribution is 7.99. The molecule has 0 atom stereocenters. The smallest absolute Gasteiger partial charge is 0.237 e. The molecule has 0 aliphatic heterocycles. The van der Waals surface area contributed by atoms with Crippen molar-refractivity contribution in [2.24, 2.45) is 0 Å². The van der Waals surface area contributed by atoms with E-state index in [4.69, 9.17) is 4.74 Å². The summed E-state index contributed by atoms with van der Waals surface area (Å²) in [4.78, 5) is 22.1. The van der Waals surface area contributed by atoms with Gasteiger partial charge in [-0.15, -0.1) is 6.58 Å². The van der Waals surface area contributed by atoms with Crippen LogP contribution >= 0.6 is 11.8 Å². The third-order valence-corrected chi connectivity index (χ3v) is 4.61. The standard InChI is InChI=1S/C20H21N3O2S/c1-3-12-23(15-8-6-5-7-9-15)19(24)14-26-20-21-17-11-10-16(25-4-2)13-18(17)22-20/h3,5-11,13H,1,4,12,14H2,2H3,(H,21,22). The van der Waals surface area contributed by atoms with Gasteiger partial charge in [0.05, 0.1) is 23.4 Å². The minimum atomic E-state index is 0.0107. The largest absolute Gasteiger partial charge is 0.494 e. The van der Waals surface area contributed by atoms with Gasteiger partial charge in [0.25, 0.3) is 0 Å². The van der Waals surface area contributed by atoms with E-state index < -0.39 is 0 Å². The van der Waals surface area contributed by atoms with Crippen LogP contribution in [0.25, 0.3) is 11.0 Å². The molecular weight excluding hydrogens is 346 g/mol. The number of para-hydroxylation sites is 1. The van der Waals surface area contributed by atoms with E-state index in [0.29, 0.717) is 24.1 Å². The van der Waals surface area contributed by atoms with Gasteiger partial charge in [-0.3, -0.25) is 4.79 Å². The van der Waals surface area contributed by atoms with Gasteiger partial charge in [-0.25, -0.2) is 4.98 Å². The molecule has 3 aromatic rings. The van der Waals surface area contributed by atoms with Crippen LogP contribution in [0.3, 0.4) is 0 Å². The van der Waals surface area contributed by atoms with Gasteiger partial charge in [0.2, 0.25) is 5.91 Å². The molecule has 0 aliphatic carbocycles. The summed E-state index contributed by atoms with van der Waals surface area (Å²) in [5.74, 6) is 1.11. The van der Waals surface area contributed by atoms with Crippen LogP contribution in [0.4, 0.5) is 5.69 Å². The zero-order valence-electron chi connectivity index (χ0n) is 14.6. The Bertz CT molecular complexity index is 892. The van der Waals surface area contributed by atoms with Crippen molar-refractivity contribution in [2.75, 3.05) is 23.8 Å². The molecule has 0 saturated heterocycles. The van der Waals surface area contributed by atoms with Crippen molar-refractivity contribution in [1.29, 1.82) is 0 Å². The molecule has 1 N–H and O–H groups in total. The van der Waals surface area contributed by atoms with Crippen LogP contribution in [0.2, 0.25) is 0 Å². The van der Waals surface area contributed by atoms with E-state index in [2.05, 4.69) is 16.5 Å². The van der Waals surface area contributed by atoms with E-state index in [1.54, 1.807) is 11.0 Å². The number of thioether (sulfide) groups is 1. The molecule has 2 aromatic carbocycles. The molecule has 0 radical (unpaired) electrons. The van der Waals surface area contributed by atoms with E-state index in [1.807, 2.05) is 55.5 Å². The van der Waals surface area contributed by atoms with Crippen LogP contribution in [0.15, 0.2) is 66.3 Å². The Hall–Kier alpha value is -2.73. The number of anilines is 1. The minimum Gasteiger partial charge on any atom is -0.494 e. The minimum absolute atomic E-state index is 0.0107. The summed E-state index contributed by atoms with van der Waals surface area (Å²) < 4.78 is 5.50. The quantitative estimate of drug-likeness (QED) is 0.477. The van der Waals surface area contributed by atoms with Crippen molar-refractivity contribution >= 4 is 34.4 Å². The average molecular weight is 367 g/mol. The zero-order valence-corrected chi connectivity index (χ0v) is 15.5. The van der Waals surface area contributed by atoms with Crippen LogP contribution in [-0.4, -0.2) is 34.8 Å². The third-order valence-electron chi connectivity index (χ3n) is 3.76. The number of carbonyl (C=O) groups is 1. The van der Waals surface area contributed by atoms with Crippen molar-refractivity contribution in [1.82, 2.24) is 9.97 Å². The Kier molecular flexibility index (Phi) is 5.96. The number of hydrogen-bond donors (Lipinski definition) is 1. The fourth-order valence-electron chi connectivity index (χ4n) is 2.59. The number of amides is 1. The molecule has 6 heteroatoms. The fraction of sp³-hybridized carbons (Fsp3) is 0.200. The van der Waals surface area contributed by atoms with Gasteiger partial charge in [0, 0.05) is 18.3 Å². The molecule has 1 heterocycles. The first-order chi connectivity index (χ1) is 12.7. The van der Waals surface area contributed by atoms with Gasteiger partial charge < -0.3 is 14.6 Å². The van der Waals surface area contributed by atoms with E-state index in [0.717, 1.165) is 22.5 Å². The molecule has 1 amide bonds. The lowest BCUT2D eigenvalue weighted by Gasteiger charge is -2.20. The van der Waals surface area contributed by atoms with Crippen molar-refractivity contribution in [3.05, 3.63) is 61.2 Å². The number of hydrogen-bond acceptors (Lipinski definition) is 4. The highest BCUT2D eigenvalue weighted by Crippen LogP contribution is 2.24. The lowest BCUT2D eigenvalue weighted by atomic mass is 10.3. The molecule has 5 nitrogen and oxygen atoms in total. The monoisotopic (exact) mass is 367 g/mol. The van der Waals surface area contributed by atoms with Crippen LogP contribution in [0, 0.1) is 0 Å². The predicted octanol–water partition coefficient (Wildman–Crippen LogP) is 4.27. The van der Waals surface area contributed by atoms with E-state index in [-0.39, 0.29) is 5.91 Å². The third kappa shape index (κ3) is 4.26. The molecule has 134 valence electrons. The van der Waals surface area contributed by atoms with Crippen molar-refractivity contribution in [3.8, 4) is 5.75 Å². The first-order valence-electron chi connectivity index (χ1n) is 8.43. The number of imidazole rings is 1. The number of H-pyrrole nitrogens is 1. The van der Waals surface area contributed by atoms with E-state index in [9.17, 15) is 4.79 Å². The number of aromatic nitrogens is 2. The Balaban J connectivity index is 1.69. The molecule has 3 rings (SSSR count). The summed E-state index contributed by atoms with van der Waals surface area (Å²) in [6.07, 6.45) is 1.73. The second-order valence-corrected chi connectivity index (χ2v) is 6.54. The molecule has 26 heavy (non-hydrogen) atoms. The highest BCUT2D eigenvalue weighted by atomic mass is 32.2. The summed E-state index contributed by atoms with van der Waals surface area (Å²) in [5.41, 5.74) is 2.62. The molecule has 0 fully saturated rings. The number of carbonyl (C=O) groups excluding carboxylic acids is 1. The number of nitrogens with one attached hydrogen (secondary N) is 1. The number of nitrogens with zero attached hydrogens (tertiary/aromatic N) is 2. The summed E-state index contributed by atoms with van der Waals surface area (Å²) in [7, 11) is 0. The van der Waals surface area contributed by atoms with Crippen LogP contribution in [0.5, 0.6) is 5.75 Å². The second kappa shape index (κ2) is 8.58. The first kappa shape index (κ1) is 18.1. The van der Waals surface area contributed by atoms with E-state index in [1.165, 1.54) is 11.8 Å². The normalized spacial score (nSPS) is 10.7. The number of benzene rings is 2. The van der Waals surface area contributed by atoms with Gasteiger partial charge in [-0.1, -0.05) is 36.0 Å². The van der Waals surface area contributed by atoms with E-state index >= 15 is 0 Å². The lowest BCUT2D eigenvalue weighted by Crippen LogP contribution is -2.32. The molecule has 0 aliphatic rings. The first-order valence-corrected chi connectivity index (χ1v) is 9.41. The molecule has 1 aromatic heterocycles. The van der Waals surface area contributed by atoms with Gasteiger partial charge in [-0.05, 0) is 31.2 Å². The Morgan fingerprint density at radius 1 is 1.31 bits per heavy atom. The summed E-state index contributed by atoms with van der Waals surface area (Å²) in [6.45, 7) is 6.79. The maximum Gasteiger partial charge on any atom is 0.237 e. The average Bonchev–Trinajstić information content (AvgIpc) is 3.07. The fourth-order valence-corrected chi connectivity index (χ4v) is 3.35.